The van der Waals surface area contributed by atoms with Crippen LogP contribution in [0.1, 0.15) is 19.4 Å². The van der Waals surface area contributed by atoms with Gasteiger partial charge in [0.25, 0.3) is 0 Å². The van der Waals surface area contributed by atoms with Crippen molar-refractivity contribution in [2.45, 2.75) is 20.4 Å². The second-order valence-electron chi connectivity index (χ2n) is 3.41. The van der Waals surface area contributed by atoms with Crippen LogP contribution in [0.3, 0.4) is 0 Å². The Morgan fingerprint density at radius 3 is 2.19 bits per heavy atom. The molecule has 0 aliphatic rings. The van der Waals surface area contributed by atoms with Crippen molar-refractivity contribution in [2.24, 2.45) is 0 Å². The molecule has 0 atom stereocenters. The van der Waals surface area contributed by atoms with Gasteiger partial charge in [-0.1, -0.05) is 12.1 Å². The highest BCUT2D eigenvalue weighted by atomic mass is 16.2. The number of carbonyl (C=O) groups is 2. The van der Waals surface area contributed by atoms with Gasteiger partial charge < -0.3 is 5.32 Å². The fraction of sp³-hybridized carbons (Fsp3) is 0.273. The van der Waals surface area contributed by atoms with E-state index < -0.39 is 0 Å². The summed E-state index contributed by atoms with van der Waals surface area (Å²) in [4.78, 5) is 21.4. The van der Waals surface area contributed by atoms with Crippen molar-refractivity contribution in [1.82, 2.24) is 10.9 Å². The highest BCUT2D eigenvalue weighted by Gasteiger charge is 1.96. The van der Waals surface area contributed by atoms with Gasteiger partial charge in [0.2, 0.25) is 11.8 Å². The first kappa shape index (κ1) is 12.2. The van der Waals surface area contributed by atoms with Crippen LogP contribution in [0.5, 0.6) is 0 Å². The van der Waals surface area contributed by atoms with Crippen LogP contribution in [0.25, 0.3) is 0 Å². The van der Waals surface area contributed by atoms with Gasteiger partial charge >= 0.3 is 0 Å². The van der Waals surface area contributed by atoms with E-state index >= 15 is 0 Å². The first-order chi connectivity index (χ1) is 7.58. The zero-order chi connectivity index (χ0) is 12.0. The van der Waals surface area contributed by atoms with E-state index in [9.17, 15) is 9.59 Å². The Bertz CT molecular complexity index is 373. The number of benzene rings is 1. The van der Waals surface area contributed by atoms with Crippen molar-refractivity contribution < 1.29 is 9.59 Å². The van der Waals surface area contributed by atoms with E-state index in [0.717, 1.165) is 11.3 Å². The molecule has 0 spiro atoms. The minimum atomic E-state index is -0.130. The first-order valence-corrected chi connectivity index (χ1v) is 4.94. The summed E-state index contributed by atoms with van der Waals surface area (Å²) in [6, 6.07) is 7.37. The topological polar surface area (TPSA) is 70.2 Å². The van der Waals surface area contributed by atoms with Crippen LogP contribution in [0.2, 0.25) is 0 Å². The fourth-order valence-electron chi connectivity index (χ4n) is 1.18. The summed E-state index contributed by atoms with van der Waals surface area (Å²) >= 11 is 0. The van der Waals surface area contributed by atoms with E-state index in [1.807, 2.05) is 24.3 Å². The maximum atomic E-state index is 10.8. The predicted octanol–water partition coefficient (Wildman–Crippen LogP) is 0.786. The summed E-state index contributed by atoms with van der Waals surface area (Å²) in [5.74, 6) is -0.223. The van der Waals surface area contributed by atoms with Crippen LogP contribution >= 0.6 is 0 Å². The van der Waals surface area contributed by atoms with E-state index in [1.54, 1.807) is 0 Å². The highest BCUT2D eigenvalue weighted by molar-refractivity contribution is 5.88. The summed E-state index contributed by atoms with van der Waals surface area (Å²) in [6.07, 6.45) is 0. The summed E-state index contributed by atoms with van der Waals surface area (Å²) in [6.45, 7) is 3.44. The molecule has 16 heavy (non-hydrogen) atoms. The summed E-state index contributed by atoms with van der Waals surface area (Å²) in [5, 5.41) is 2.68. The standard InChI is InChI=1S/C11H15N3O2/c1-8(15)13-11-5-3-10(4-6-11)7-12-14-9(2)16/h3-6,12H,7H2,1-2H3,(H,13,15)(H,14,16). The zero-order valence-corrected chi connectivity index (χ0v) is 9.33. The van der Waals surface area contributed by atoms with Crippen LogP contribution in [0, 0.1) is 0 Å². The molecular formula is C11H15N3O2. The molecule has 2 amide bonds. The Morgan fingerprint density at radius 2 is 1.69 bits per heavy atom. The number of rotatable bonds is 4. The van der Waals surface area contributed by atoms with E-state index in [4.69, 9.17) is 0 Å². The number of hydrogen-bond donors (Lipinski definition) is 3. The summed E-state index contributed by atoms with van der Waals surface area (Å²) < 4.78 is 0. The molecule has 0 bridgehead atoms. The van der Waals surface area contributed by atoms with E-state index in [0.29, 0.717) is 6.54 Å². The van der Waals surface area contributed by atoms with E-state index in [1.165, 1.54) is 13.8 Å². The number of hydrazine groups is 1. The fourth-order valence-corrected chi connectivity index (χ4v) is 1.18. The van der Waals surface area contributed by atoms with Gasteiger partial charge in [-0.15, -0.1) is 0 Å². The molecule has 5 nitrogen and oxygen atoms in total. The number of hydrogen-bond acceptors (Lipinski definition) is 3. The molecule has 0 radical (unpaired) electrons. The summed E-state index contributed by atoms with van der Waals surface area (Å²) in [7, 11) is 0. The molecule has 3 N–H and O–H groups in total. The molecule has 0 aliphatic carbocycles. The van der Waals surface area contributed by atoms with Crippen LogP contribution < -0.4 is 16.2 Å². The van der Waals surface area contributed by atoms with Gasteiger partial charge in [-0.2, -0.15) is 0 Å². The van der Waals surface area contributed by atoms with Crippen LogP contribution in [-0.4, -0.2) is 11.8 Å². The third-order valence-electron chi connectivity index (χ3n) is 1.83. The Hall–Kier alpha value is -1.88. The third-order valence-corrected chi connectivity index (χ3v) is 1.83. The average molecular weight is 221 g/mol. The smallest absolute Gasteiger partial charge is 0.230 e. The second-order valence-corrected chi connectivity index (χ2v) is 3.41. The predicted molar refractivity (Wildman–Crippen MR) is 61.4 cm³/mol. The minimum Gasteiger partial charge on any atom is -0.326 e. The maximum absolute atomic E-state index is 10.8. The molecule has 0 unspecified atom stereocenters. The van der Waals surface area contributed by atoms with Crippen LogP contribution in [0.15, 0.2) is 24.3 Å². The molecule has 1 aromatic rings. The Kier molecular flexibility index (Phi) is 4.47. The van der Waals surface area contributed by atoms with Gasteiger partial charge in [0.05, 0.1) is 0 Å². The number of amides is 2. The monoisotopic (exact) mass is 221 g/mol. The van der Waals surface area contributed by atoms with Crippen LogP contribution in [-0.2, 0) is 16.1 Å². The van der Waals surface area contributed by atoms with Gasteiger partial charge in [-0.05, 0) is 17.7 Å². The Balaban J connectivity index is 2.45. The number of carbonyl (C=O) groups excluding carboxylic acids is 2. The first-order valence-electron chi connectivity index (χ1n) is 4.94. The lowest BCUT2D eigenvalue weighted by molar-refractivity contribution is -0.120. The second kappa shape index (κ2) is 5.87. The van der Waals surface area contributed by atoms with E-state index in [-0.39, 0.29) is 11.8 Å². The number of nitrogens with one attached hydrogen (secondary N) is 3. The van der Waals surface area contributed by atoms with Gasteiger partial charge in [0.1, 0.15) is 0 Å². The van der Waals surface area contributed by atoms with Crippen molar-refractivity contribution in [3.8, 4) is 0 Å². The summed E-state index contributed by atoms with van der Waals surface area (Å²) in [5.41, 5.74) is 7.03. The Labute approximate surface area is 94.2 Å². The molecule has 0 aliphatic heterocycles. The molecule has 1 aromatic carbocycles. The molecule has 0 fully saturated rings. The lowest BCUT2D eigenvalue weighted by Crippen LogP contribution is -2.34. The molecular weight excluding hydrogens is 206 g/mol. The van der Waals surface area contributed by atoms with Crippen molar-refractivity contribution in [2.75, 3.05) is 5.32 Å². The molecule has 0 saturated heterocycles. The van der Waals surface area contributed by atoms with Crippen molar-refractivity contribution in [1.29, 1.82) is 0 Å². The normalized spacial score (nSPS) is 9.62. The quantitative estimate of drug-likeness (QED) is 0.658. The van der Waals surface area contributed by atoms with Gasteiger partial charge in [0.15, 0.2) is 0 Å². The van der Waals surface area contributed by atoms with Crippen molar-refractivity contribution in [3.05, 3.63) is 29.8 Å². The molecule has 1 rings (SSSR count). The van der Waals surface area contributed by atoms with Crippen molar-refractivity contribution in [3.63, 3.8) is 0 Å². The van der Waals surface area contributed by atoms with Gasteiger partial charge in [-0.3, -0.25) is 15.0 Å². The number of anilines is 1. The zero-order valence-electron chi connectivity index (χ0n) is 9.33. The molecule has 0 heterocycles. The molecule has 5 heteroatoms. The lowest BCUT2D eigenvalue weighted by atomic mass is 10.2. The van der Waals surface area contributed by atoms with Crippen LogP contribution in [0.4, 0.5) is 5.69 Å². The largest absolute Gasteiger partial charge is 0.326 e. The van der Waals surface area contributed by atoms with Gasteiger partial charge in [0, 0.05) is 26.1 Å². The van der Waals surface area contributed by atoms with Gasteiger partial charge in [-0.25, -0.2) is 5.43 Å². The SMILES string of the molecule is CC(=O)NNCc1ccc(NC(C)=O)cc1. The molecule has 86 valence electrons. The van der Waals surface area contributed by atoms with Crippen molar-refractivity contribution >= 4 is 17.5 Å². The lowest BCUT2D eigenvalue weighted by Gasteiger charge is -2.06. The molecule has 0 saturated carbocycles. The van der Waals surface area contributed by atoms with E-state index in [2.05, 4.69) is 16.2 Å². The average Bonchev–Trinajstić information content (AvgIpc) is 2.19. The Morgan fingerprint density at radius 1 is 1.06 bits per heavy atom. The highest BCUT2D eigenvalue weighted by Crippen LogP contribution is 2.08. The minimum absolute atomic E-state index is 0.0934. The molecule has 0 aromatic heterocycles. The third kappa shape index (κ3) is 4.56. The maximum Gasteiger partial charge on any atom is 0.230 e.